The summed E-state index contributed by atoms with van der Waals surface area (Å²) in [5, 5.41) is 12.3. The molecular formula is C21H21BrN2O3. The molecule has 0 aliphatic carbocycles. The Hall–Kier alpha value is -2.78. The summed E-state index contributed by atoms with van der Waals surface area (Å²) in [4.78, 5) is 12.5. The molecule has 1 N–H and O–H groups in total. The molecule has 140 valence electrons. The average molecular weight is 429 g/mol. The number of nitrogens with zero attached hydrogens (tertiary/aromatic N) is 1. The standard InChI is InChI=1S/C21H21BrN2O3/c1-4-27-20-12-18(22)16(11-19(20)26-3)10-17(13-23)21(25)24-14(2)15-8-6-5-7-9-15/h5-12,14H,4H2,1-3H3,(H,24,25)/b17-10-/t14-/m1/s1. The van der Waals surface area contributed by atoms with Crippen LogP contribution >= 0.6 is 15.9 Å². The van der Waals surface area contributed by atoms with Crippen molar-refractivity contribution in [2.75, 3.05) is 13.7 Å². The van der Waals surface area contributed by atoms with Crippen LogP contribution in [0.25, 0.3) is 6.08 Å². The Labute approximate surface area is 167 Å². The zero-order valence-corrected chi connectivity index (χ0v) is 17.0. The van der Waals surface area contributed by atoms with Gasteiger partial charge in [-0.05, 0) is 43.2 Å². The minimum absolute atomic E-state index is 0.00435. The van der Waals surface area contributed by atoms with E-state index in [-0.39, 0.29) is 11.6 Å². The van der Waals surface area contributed by atoms with Crippen molar-refractivity contribution >= 4 is 27.9 Å². The van der Waals surface area contributed by atoms with Gasteiger partial charge in [0, 0.05) is 4.47 Å². The largest absolute Gasteiger partial charge is 0.493 e. The number of hydrogen-bond donors (Lipinski definition) is 1. The normalized spacial score (nSPS) is 12.0. The molecule has 0 saturated heterocycles. The molecule has 27 heavy (non-hydrogen) atoms. The smallest absolute Gasteiger partial charge is 0.262 e. The molecule has 6 heteroatoms. The van der Waals surface area contributed by atoms with Crippen molar-refractivity contribution in [1.82, 2.24) is 5.32 Å². The Morgan fingerprint density at radius 3 is 2.59 bits per heavy atom. The fourth-order valence-corrected chi connectivity index (χ4v) is 2.93. The van der Waals surface area contributed by atoms with Crippen molar-refractivity contribution in [1.29, 1.82) is 5.26 Å². The van der Waals surface area contributed by atoms with E-state index in [1.54, 1.807) is 19.2 Å². The lowest BCUT2D eigenvalue weighted by Crippen LogP contribution is -2.27. The minimum atomic E-state index is -0.436. The van der Waals surface area contributed by atoms with Gasteiger partial charge in [-0.25, -0.2) is 0 Å². The van der Waals surface area contributed by atoms with E-state index in [1.807, 2.05) is 50.2 Å². The van der Waals surface area contributed by atoms with Gasteiger partial charge in [0.1, 0.15) is 11.6 Å². The molecule has 0 aromatic heterocycles. The highest BCUT2D eigenvalue weighted by molar-refractivity contribution is 9.10. The lowest BCUT2D eigenvalue weighted by molar-refractivity contribution is -0.117. The second-order valence-electron chi connectivity index (χ2n) is 5.73. The van der Waals surface area contributed by atoms with Crippen molar-refractivity contribution in [3.63, 3.8) is 0 Å². The van der Waals surface area contributed by atoms with Crippen LogP contribution in [0.15, 0.2) is 52.5 Å². The van der Waals surface area contributed by atoms with Crippen LogP contribution in [0, 0.1) is 11.3 Å². The Morgan fingerprint density at radius 2 is 2.00 bits per heavy atom. The van der Waals surface area contributed by atoms with Crippen LogP contribution in [0.1, 0.15) is 31.0 Å². The highest BCUT2D eigenvalue weighted by Gasteiger charge is 2.15. The van der Waals surface area contributed by atoms with Gasteiger partial charge in [0.2, 0.25) is 0 Å². The first-order valence-electron chi connectivity index (χ1n) is 8.48. The van der Waals surface area contributed by atoms with Gasteiger partial charge in [-0.1, -0.05) is 46.3 Å². The molecule has 0 saturated carbocycles. The van der Waals surface area contributed by atoms with Crippen molar-refractivity contribution < 1.29 is 14.3 Å². The highest BCUT2D eigenvalue weighted by Crippen LogP contribution is 2.34. The van der Waals surface area contributed by atoms with Crippen molar-refractivity contribution in [3.05, 3.63) is 63.6 Å². The van der Waals surface area contributed by atoms with Crippen LogP contribution < -0.4 is 14.8 Å². The highest BCUT2D eigenvalue weighted by atomic mass is 79.9. The molecule has 1 amide bonds. The molecule has 2 aromatic rings. The summed E-state index contributed by atoms with van der Waals surface area (Å²) in [6.07, 6.45) is 1.52. The number of carbonyl (C=O) groups excluding carboxylic acids is 1. The van der Waals surface area contributed by atoms with E-state index in [1.165, 1.54) is 6.08 Å². The van der Waals surface area contributed by atoms with Crippen LogP contribution in [-0.2, 0) is 4.79 Å². The quantitative estimate of drug-likeness (QED) is 0.514. The molecule has 0 unspecified atom stereocenters. The summed E-state index contributed by atoms with van der Waals surface area (Å²) in [6, 6.07) is 14.8. The van der Waals surface area contributed by atoms with Crippen LogP contribution in [0.2, 0.25) is 0 Å². The third-order valence-corrected chi connectivity index (χ3v) is 4.58. The maximum Gasteiger partial charge on any atom is 0.262 e. The number of carbonyl (C=O) groups is 1. The van der Waals surface area contributed by atoms with Gasteiger partial charge < -0.3 is 14.8 Å². The van der Waals surface area contributed by atoms with E-state index in [2.05, 4.69) is 21.2 Å². The van der Waals surface area contributed by atoms with Gasteiger partial charge in [0.25, 0.3) is 5.91 Å². The number of hydrogen-bond acceptors (Lipinski definition) is 4. The number of methoxy groups -OCH3 is 1. The van der Waals surface area contributed by atoms with Gasteiger partial charge in [-0.3, -0.25) is 4.79 Å². The van der Waals surface area contributed by atoms with Crippen molar-refractivity contribution in [2.45, 2.75) is 19.9 Å². The molecule has 0 spiro atoms. The van der Waals surface area contributed by atoms with Crippen LogP contribution in [0.3, 0.4) is 0 Å². The van der Waals surface area contributed by atoms with Crippen LogP contribution in [0.5, 0.6) is 11.5 Å². The summed E-state index contributed by atoms with van der Waals surface area (Å²) in [5.41, 5.74) is 1.62. The van der Waals surface area contributed by atoms with Gasteiger partial charge in [0.15, 0.2) is 11.5 Å². The molecular weight excluding hydrogens is 408 g/mol. The number of nitriles is 1. The Bertz CT molecular complexity index is 873. The first-order valence-corrected chi connectivity index (χ1v) is 9.27. The first kappa shape index (κ1) is 20.5. The molecule has 2 aromatic carbocycles. The molecule has 0 fully saturated rings. The minimum Gasteiger partial charge on any atom is -0.493 e. The van der Waals surface area contributed by atoms with Crippen LogP contribution in [-0.4, -0.2) is 19.6 Å². The second-order valence-corrected chi connectivity index (χ2v) is 6.59. The van der Waals surface area contributed by atoms with Crippen molar-refractivity contribution in [3.8, 4) is 17.6 Å². The fourth-order valence-electron chi connectivity index (χ4n) is 2.49. The van der Waals surface area contributed by atoms with E-state index >= 15 is 0 Å². The maximum absolute atomic E-state index is 12.5. The lowest BCUT2D eigenvalue weighted by Gasteiger charge is -2.14. The van der Waals surface area contributed by atoms with Gasteiger partial charge in [0.05, 0.1) is 19.8 Å². The van der Waals surface area contributed by atoms with E-state index in [0.29, 0.717) is 28.1 Å². The van der Waals surface area contributed by atoms with Crippen LogP contribution in [0.4, 0.5) is 0 Å². The van der Waals surface area contributed by atoms with E-state index < -0.39 is 5.91 Å². The number of benzene rings is 2. The van der Waals surface area contributed by atoms with E-state index in [0.717, 1.165) is 5.56 Å². The summed E-state index contributed by atoms with van der Waals surface area (Å²) < 4.78 is 11.6. The van der Waals surface area contributed by atoms with Gasteiger partial charge in [-0.2, -0.15) is 5.26 Å². The van der Waals surface area contributed by atoms with E-state index in [4.69, 9.17) is 9.47 Å². The zero-order valence-electron chi connectivity index (χ0n) is 15.5. The molecule has 0 heterocycles. The number of ether oxygens (including phenoxy) is 2. The third kappa shape index (κ3) is 5.35. The molecule has 0 aliphatic rings. The van der Waals surface area contributed by atoms with Gasteiger partial charge >= 0.3 is 0 Å². The Morgan fingerprint density at radius 1 is 1.30 bits per heavy atom. The molecule has 1 atom stereocenters. The SMILES string of the molecule is CCOc1cc(Br)c(/C=C(/C#N)C(=O)N[C@H](C)c2ccccc2)cc1OC. The molecule has 2 rings (SSSR count). The predicted molar refractivity (Wildman–Crippen MR) is 108 cm³/mol. The molecule has 5 nitrogen and oxygen atoms in total. The van der Waals surface area contributed by atoms with Crippen molar-refractivity contribution in [2.24, 2.45) is 0 Å². The third-order valence-electron chi connectivity index (χ3n) is 3.89. The average Bonchev–Trinajstić information content (AvgIpc) is 2.68. The van der Waals surface area contributed by atoms with Gasteiger partial charge in [-0.15, -0.1) is 0 Å². The molecule has 0 aliphatic heterocycles. The number of nitrogens with one attached hydrogen (secondary N) is 1. The summed E-state index contributed by atoms with van der Waals surface area (Å²) in [6.45, 7) is 4.26. The zero-order chi connectivity index (χ0) is 19.8. The summed E-state index contributed by atoms with van der Waals surface area (Å²) >= 11 is 3.45. The Balaban J connectivity index is 2.27. The fraction of sp³-hybridized carbons (Fsp3) is 0.238. The molecule has 0 bridgehead atoms. The first-order chi connectivity index (χ1) is 13.0. The van der Waals surface area contributed by atoms with E-state index in [9.17, 15) is 10.1 Å². The monoisotopic (exact) mass is 428 g/mol. The number of amides is 1. The topological polar surface area (TPSA) is 71.3 Å². The summed E-state index contributed by atoms with van der Waals surface area (Å²) in [7, 11) is 1.54. The predicted octanol–water partition coefficient (Wildman–Crippen LogP) is 4.64. The number of rotatable bonds is 7. The maximum atomic E-state index is 12.5. The Kier molecular flexibility index (Phi) is 7.44. The lowest BCUT2D eigenvalue weighted by atomic mass is 10.1. The number of halogens is 1. The molecule has 0 radical (unpaired) electrons. The second kappa shape index (κ2) is 9.79. The summed E-state index contributed by atoms with van der Waals surface area (Å²) in [5.74, 6) is 0.681.